The first-order valence-corrected chi connectivity index (χ1v) is 11.3. The van der Waals surface area contributed by atoms with Crippen LogP contribution in [0.5, 0.6) is 5.75 Å². The fourth-order valence-electron chi connectivity index (χ4n) is 4.04. The maximum Gasteiger partial charge on any atom is 0.319 e. The van der Waals surface area contributed by atoms with Gasteiger partial charge in [0, 0.05) is 43.8 Å². The van der Waals surface area contributed by atoms with Crippen molar-refractivity contribution in [1.29, 1.82) is 0 Å². The van der Waals surface area contributed by atoms with Crippen LogP contribution in [0.15, 0.2) is 79.3 Å². The van der Waals surface area contributed by atoms with Gasteiger partial charge in [0.15, 0.2) is 0 Å². The van der Waals surface area contributed by atoms with Gasteiger partial charge in [0.1, 0.15) is 23.3 Å². The van der Waals surface area contributed by atoms with Crippen LogP contribution in [0, 0.1) is 5.82 Å². The minimum Gasteiger partial charge on any atom is -0.489 e. The van der Waals surface area contributed by atoms with E-state index in [2.05, 4.69) is 15.6 Å². The molecule has 9 heteroatoms. The molecule has 0 spiro atoms. The lowest BCUT2D eigenvalue weighted by molar-refractivity contribution is 0.0767. The summed E-state index contributed by atoms with van der Waals surface area (Å²) in [5.41, 5.74) is 2.47. The van der Waals surface area contributed by atoms with E-state index in [1.807, 2.05) is 28.9 Å². The first kappa shape index (κ1) is 22.4. The fourth-order valence-corrected chi connectivity index (χ4v) is 4.04. The third kappa shape index (κ3) is 5.24. The first-order valence-electron chi connectivity index (χ1n) is 11.3. The third-order valence-corrected chi connectivity index (χ3v) is 5.87. The first-order chi connectivity index (χ1) is 17.0. The van der Waals surface area contributed by atoms with Gasteiger partial charge in [-0.25, -0.2) is 14.2 Å². The summed E-state index contributed by atoms with van der Waals surface area (Å²) in [4.78, 5) is 30.7. The standard InChI is InChI=1S/C26H24FN5O3/c27-23-4-2-1-3-22(23)25(33)32-13-10-21(17-32)35-20-7-5-19(6-8-20)30-26(34)29-16-18-9-12-31-14-11-28-24(31)15-18/h1-9,11-12,14-15,21H,10,13,16-17H2,(H2,29,30,34)/t21-/m1/s1. The van der Waals surface area contributed by atoms with Gasteiger partial charge in [0.2, 0.25) is 0 Å². The number of nitrogens with one attached hydrogen (secondary N) is 2. The van der Waals surface area contributed by atoms with Gasteiger partial charge in [-0.3, -0.25) is 4.79 Å². The van der Waals surface area contributed by atoms with Crippen molar-refractivity contribution in [2.45, 2.75) is 19.1 Å². The van der Waals surface area contributed by atoms with Gasteiger partial charge in [-0.15, -0.1) is 0 Å². The van der Waals surface area contributed by atoms with Gasteiger partial charge in [-0.1, -0.05) is 12.1 Å². The molecule has 2 N–H and O–H groups in total. The zero-order chi connectivity index (χ0) is 24.2. The Labute approximate surface area is 201 Å². The van der Waals surface area contributed by atoms with Crippen LogP contribution in [0.25, 0.3) is 5.65 Å². The highest BCUT2D eigenvalue weighted by molar-refractivity contribution is 5.94. The molecule has 3 heterocycles. The topological polar surface area (TPSA) is 88.0 Å². The lowest BCUT2D eigenvalue weighted by atomic mass is 10.2. The summed E-state index contributed by atoms with van der Waals surface area (Å²) in [5.74, 6) is -0.216. The number of rotatable bonds is 6. The number of aromatic nitrogens is 2. The molecule has 0 saturated carbocycles. The molecule has 2 aromatic carbocycles. The van der Waals surface area contributed by atoms with Gasteiger partial charge >= 0.3 is 6.03 Å². The molecule has 1 saturated heterocycles. The van der Waals surface area contributed by atoms with E-state index in [9.17, 15) is 14.0 Å². The van der Waals surface area contributed by atoms with Gasteiger partial charge in [-0.2, -0.15) is 0 Å². The van der Waals surface area contributed by atoms with E-state index >= 15 is 0 Å². The van der Waals surface area contributed by atoms with Gasteiger partial charge in [-0.05, 0) is 54.1 Å². The van der Waals surface area contributed by atoms with Crippen LogP contribution in [0.4, 0.5) is 14.9 Å². The molecule has 1 atom stereocenters. The highest BCUT2D eigenvalue weighted by Gasteiger charge is 2.29. The van der Waals surface area contributed by atoms with Gasteiger partial charge < -0.3 is 24.7 Å². The zero-order valence-corrected chi connectivity index (χ0v) is 18.9. The predicted molar refractivity (Wildman–Crippen MR) is 129 cm³/mol. The summed E-state index contributed by atoms with van der Waals surface area (Å²) in [5, 5.41) is 5.62. The summed E-state index contributed by atoms with van der Waals surface area (Å²) in [6.45, 7) is 1.27. The molecule has 178 valence electrons. The molecular formula is C26H24FN5O3. The number of hydrogen-bond acceptors (Lipinski definition) is 4. The Morgan fingerprint density at radius 2 is 1.91 bits per heavy atom. The Balaban J connectivity index is 1.10. The molecule has 8 nitrogen and oxygen atoms in total. The molecule has 0 radical (unpaired) electrons. The highest BCUT2D eigenvalue weighted by Crippen LogP contribution is 2.22. The maximum absolute atomic E-state index is 13.9. The summed E-state index contributed by atoms with van der Waals surface area (Å²) < 4.78 is 21.8. The lowest BCUT2D eigenvalue weighted by Crippen LogP contribution is -2.31. The molecule has 2 aromatic heterocycles. The Morgan fingerprint density at radius 3 is 2.74 bits per heavy atom. The van der Waals surface area contributed by atoms with Crippen molar-refractivity contribution in [2.24, 2.45) is 0 Å². The van der Waals surface area contributed by atoms with Crippen molar-refractivity contribution in [3.8, 4) is 5.75 Å². The lowest BCUT2D eigenvalue weighted by Gasteiger charge is -2.18. The summed E-state index contributed by atoms with van der Waals surface area (Å²) >= 11 is 0. The molecule has 0 aliphatic carbocycles. The maximum atomic E-state index is 13.9. The second kappa shape index (κ2) is 9.84. The predicted octanol–water partition coefficient (Wildman–Crippen LogP) is 4.09. The van der Waals surface area contributed by atoms with Crippen molar-refractivity contribution in [3.05, 3.63) is 96.2 Å². The summed E-state index contributed by atoms with van der Waals surface area (Å²) in [7, 11) is 0. The number of benzene rings is 2. The number of hydrogen-bond donors (Lipinski definition) is 2. The number of carbonyl (C=O) groups excluding carboxylic acids is 2. The molecule has 4 aromatic rings. The van der Waals surface area contributed by atoms with Crippen molar-refractivity contribution in [3.63, 3.8) is 0 Å². The second-order valence-electron chi connectivity index (χ2n) is 8.32. The summed E-state index contributed by atoms with van der Waals surface area (Å²) in [6, 6.07) is 16.6. The Kier molecular flexibility index (Phi) is 6.30. The zero-order valence-electron chi connectivity index (χ0n) is 18.9. The average molecular weight is 474 g/mol. The van der Waals surface area contributed by atoms with Gasteiger partial charge in [0.05, 0.1) is 12.1 Å². The van der Waals surface area contributed by atoms with Crippen molar-refractivity contribution >= 4 is 23.3 Å². The van der Waals surface area contributed by atoms with Crippen LogP contribution in [-0.2, 0) is 6.54 Å². The number of amides is 3. The molecule has 0 unspecified atom stereocenters. The number of urea groups is 1. The molecule has 1 aliphatic heterocycles. The molecule has 1 aliphatic rings. The van der Waals surface area contributed by atoms with E-state index in [4.69, 9.17) is 4.74 Å². The molecular weight excluding hydrogens is 449 g/mol. The number of nitrogens with zero attached hydrogens (tertiary/aromatic N) is 3. The van der Waals surface area contributed by atoms with E-state index < -0.39 is 5.82 Å². The molecule has 3 amide bonds. The second-order valence-corrected chi connectivity index (χ2v) is 8.32. The Bertz CT molecular complexity index is 1350. The van der Waals surface area contributed by atoms with E-state index in [1.165, 1.54) is 12.1 Å². The van der Waals surface area contributed by atoms with Crippen LogP contribution in [0.1, 0.15) is 22.3 Å². The monoisotopic (exact) mass is 473 g/mol. The van der Waals surface area contributed by atoms with E-state index in [0.29, 0.717) is 37.5 Å². The molecule has 35 heavy (non-hydrogen) atoms. The molecule has 0 bridgehead atoms. The number of pyridine rings is 1. The fraction of sp³-hybridized carbons (Fsp3) is 0.192. The van der Waals surface area contributed by atoms with E-state index in [0.717, 1.165) is 11.2 Å². The number of imidazole rings is 1. The number of ether oxygens (including phenoxy) is 1. The Morgan fingerprint density at radius 1 is 1.09 bits per heavy atom. The number of fused-ring (bicyclic) bond motifs is 1. The third-order valence-electron chi connectivity index (χ3n) is 5.87. The number of halogens is 1. The minimum atomic E-state index is -0.520. The largest absolute Gasteiger partial charge is 0.489 e. The van der Waals surface area contributed by atoms with E-state index in [1.54, 1.807) is 47.5 Å². The number of carbonyl (C=O) groups is 2. The van der Waals surface area contributed by atoms with Crippen molar-refractivity contribution in [2.75, 3.05) is 18.4 Å². The Hall–Kier alpha value is -4.40. The molecule has 1 fully saturated rings. The average Bonchev–Trinajstić information content (AvgIpc) is 3.53. The van der Waals surface area contributed by atoms with Crippen LogP contribution >= 0.6 is 0 Å². The van der Waals surface area contributed by atoms with E-state index in [-0.39, 0.29) is 23.6 Å². The SMILES string of the molecule is O=C(NCc1ccn2ccnc2c1)Nc1ccc(O[C@@H]2CCN(C(=O)c3ccccc3F)C2)cc1. The van der Waals surface area contributed by atoms with Crippen molar-refractivity contribution < 1.29 is 18.7 Å². The van der Waals surface area contributed by atoms with Crippen LogP contribution < -0.4 is 15.4 Å². The van der Waals surface area contributed by atoms with Crippen LogP contribution in [-0.4, -0.2) is 45.4 Å². The molecule has 5 rings (SSSR count). The van der Waals surface area contributed by atoms with Crippen molar-refractivity contribution in [1.82, 2.24) is 19.6 Å². The van der Waals surface area contributed by atoms with Crippen LogP contribution in [0.3, 0.4) is 0 Å². The number of likely N-dealkylation sites (tertiary alicyclic amines) is 1. The normalized spacial score (nSPS) is 15.2. The van der Waals surface area contributed by atoms with Gasteiger partial charge in [0.25, 0.3) is 5.91 Å². The summed E-state index contributed by atoms with van der Waals surface area (Å²) in [6.07, 6.45) is 5.96. The number of anilines is 1. The van der Waals surface area contributed by atoms with Crippen LogP contribution in [0.2, 0.25) is 0 Å². The quantitative estimate of drug-likeness (QED) is 0.442. The highest BCUT2D eigenvalue weighted by atomic mass is 19.1. The minimum absolute atomic E-state index is 0.0731. The smallest absolute Gasteiger partial charge is 0.319 e.